The molecule has 1 heterocycles. The molecule has 1 amide bonds. The highest BCUT2D eigenvalue weighted by molar-refractivity contribution is 5.90. The van der Waals surface area contributed by atoms with E-state index in [0.29, 0.717) is 11.8 Å². The fourth-order valence-corrected chi connectivity index (χ4v) is 1.58. The third kappa shape index (κ3) is 3.82. The van der Waals surface area contributed by atoms with Crippen molar-refractivity contribution in [3.8, 4) is 0 Å². The Morgan fingerprint density at radius 1 is 1.43 bits per heavy atom. The van der Waals surface area contributed by atoms with Gasteiger partial charge >= 0.3 is 0 Å². The Hall–Kier alpha value is -2.35. The van der Waals surface area contributed by atoms with Gasteiger partial charge in [-0.25, -0.2) is 13.5 Å². The Labute approximate surface area is 119 Å². The van der Waals surface area contributed by atoms with Crippen molar-refractivity contribution in [2.75, 3.05) is 5.32 Å². The molecule has 6 nitrogen and oxygen atoms in total. The van der Waals surface area contributed by atoms with E-state index in [2.05, 4.69) is 15.6 Å². The molecule has 1 aromatic heterocycles. The molecule has 0 spiro atoms. The standard InChI is InChI=1S/C13H14F2N4O2/c1-13(2,21)11-6-19(18-17-11)7-12(20)16-10-4-3-8(14)5-9(10)15/h3-6,21H,7H2,1-2H3,(H,16,20). The SMILES string of the molecule is CC(C)(O)c1cn(CC(=O)Nc2ccc(F)cc2F)nn1. The number of benzene rings is 1. The van der Waals surface area contributed by atoms with E-state index in [9.17, 15) is 18.7 Å². The monoisotopic (exact) mass is 296 g/mol. The van der Waals surface area contributed by atoms with Crippen molar-refractivity contribution in [3.63, 3.8) is 0 Å². The predicted molar refractivity (Wildman–Crippen MR) is 70.3 cm³/mol. The molecule has 0 aliphatic heterocycles. The molecule has 0 aliphatic carbocycles. The Morgan fingerprint density at radius 3 is 2.71 bits per heavy atom. The van der Waals surface area contributed by atoms with E-state index >= 15 is 0 Å². The van der Waals surface area contributed by atoms with E-state index < -0.39 is 23.1 Å². The zero-order valence-corrected chi connectivity index (χ0v) is 11.5. The van der Waals surface area contributed by atoms with Gasteiger partial charge in [-0.2, -0.15) is 0 Å². The summed E-state index contributed by atoms with van der Waals surface area (Å²) >= 11 is 0. The lowest BCUT2D eigenvalue weighted by molar-refractivity contribution is -0.117. The molecule has 0 atom stereocenters. The van der Waals surface area contributed by atoms with Crippen molar-refractivity contribution in [2.24, 2.45) is 0 Å². The van der Waals surface area contributed by atoms with Crippen molar-refractivity contribution in [2.45, 2.75) is 26.0 Å². The van der Waals surface area contributed by atoms with Crippen LogP contribution in [0.5, 0.6) is 0 Å². The molecule has 0 radical (unpaired) electrons. The quantitative estimate of drug-likeness (QED) is 0.894. The summed E-state index contributed by atoms with van der Waals surface area (Å²) < 4.78 is 27.3. The van der Waals surface area contributed by atoms with Crippen LogP contribution in [-0.2, 0) is 16.9 Å². The van der Waals surface area contributed by atoms with Gasteiger partial charge in [0.15, 0.2) is 0 Å². The molecule has 112 valence electrons. The van der Waals surface area contributed by atoms with Gasteiger partial charge in [0.25, 0.3) is 0 Å². The second-order valence-corrected chi connectivity index (χ2v) is 5.03. The van der Waals surface area contributed by atoms with Crippen molar-refractivity contribution in [3.05, 3.63) is 41.7 Å². The number of hydrogen-bond acceptors (Lipinski definition) is 4. The minimum absolute atomic E-state index is 0.121. The van der Waals surface area contributed by atoms with Gasteiger partial charge in [-0.3, -0.25) is 4.79 Å². The van der Waals surface area contributed by atoms with E-state index in [4.69, 9.17) is 0 Å². The average Bonchev–Trinajstić information content (AvgIpc) is 2.81. The van der Waals surface area contributed by atoms with Gasteiger partial charge < -0.3 is 10.4 Å². The zero-order valence-electron chi connectivity index (χ0n) is 11.5. The van der Waals surface area contributed by atoms with Crippen LogP contribution in [0.15, 0.2) is 24.4 Å². The molecule has 0 saturated heterocycles. The van der Waals surface area contributed by atoms with Crippen molar-refractivity contribution in [1.82, 2.24) is 15.0 Å². The van der Waals surface area contributed by atoms with E-state index in [1.54, 1.807) is 0 Å². The summed E-state index contributed by atoms with van der Waals surface area (Å²) in [6.07, 6.45) is 1.42. The number of carbonyl (C=O) groups excluding carboxylic acids is 1. The fraction of sp³-hybridized carbons (Fsp3) is 0.308. The Kier molecular flexibility index (Phi) is 3.99. The minimum atomic E-state index is -1.17. The van der Waals surface area contributed by atoms with E-state index in [-0.39, 0.29) is 12.2 Å². The molecule has 0 aliphatic rings. The van der Waals surface area contributed by atoms with Crippen LogP contribution in [0.1, 0.15) is 19.5 Å². The van der Waals surface area contributed by atoms with Crippen LogP contribution in [0.3, 0.4) is 0 Å². The van der Waals surface area contributed by atoms with Gasteiger partial charge in [0.05, 0.1) is 11.9 Å². The van der Waals surface area contributed by atoms with Gasteiger partial charge in [0.2, 0.25) is 5.91 Å². The molecule has 8 heteroatoms. The summed E-state index contributed by atoms with van der Waals surface area (Å²) in [5.41, 5.74) is -0.981. The summed E-state index contributed by atoms with van der Waals surface area (Å²) in [5.74, 6) is -2.14. The molecule has 0 unspecified atom stereocenters. The maximum Gasteiger partial charge on any atom is 0.246 e. The molecular weight excluding hydrogens is 282 g/mol. The van der Waals surface area contributed by atoms with Crippen molar-refractivity contribution < 1.29 is 18.7 Å². The van der Waals surface area contributed by atoms with E-state index in [1.807, 2.05) is 0 Å². The van der Waals surface area contributed by atoms with Crippen LogP contribution in [0, 0.1) is 11.6 Å². The lowest BCUT2D eigenvalue weighted by Gasteiger charge is -2.11. The second-order valence-electron chi connectivity index (χ2n) is 5.03. The van der Waals surface area contributed by atoms with Crippen LogP contribution in [-0.4, -0.2) is 26.0 Å². The predicted octanol–water partition coefficient (Wildman–Crippen LogP) is 1.42. The third-order valence-corrected chi connectivity index (χ3v) is 2.68. The molecule has 21 heavy (non-hydrogen) atoms. The fourth-order valence-electron chi connectivity index (χ4n) is 1.58. The van der Waals surface area contributed by atoms with Crippen molar-refractivity contribution >= 4 is 11.6 Å². The number of aliphatic hydroxyl groups is 1. The molecule has 2 rings (SSSR count). The average molecular weight is 296 g/mol. The Morgan fingerprint density at radius 2 is 2.14 bits per heavy atom. The molecule has 0 saturated carbocycles. The lowest BCUT2D eigenvalue weighted by atomic mass is 10.1. The van der Waals surface area contributed by atoms with Gasteiger partial charge in [-0.1, -0.05) is 5.21 Å². The number of anilines is 1. The van der Waals surface area contributed by atoms with Crippen LogP contribution < -0.4 is 5.32 Å². The number of nitrogens with zero attached hydrogens (tertiary/aromatic N) is 3. The summed E-state index contributed by atoms with van der Waals surface area (Å²) in [4.78, 5) is 11.8. The topological polar surface area (TPSA) is 80.0 Å². The molecule has 2 aromatic rings. The maximum atomic E-state index is 13.4. The number of carbonyl (C=O) groups is 1. The normalized spacial score (nSPS) is 11.5. The molecular formula is C13H14F2N4O2. The summed E-state index contributed by atoms with van der Waals surface area (Å²) in [6.45, 7) is 2.87. The van der Waals surface area contributed by atoms with Crippen LogP contribution in [0.2, 0.25) is 0 Å². The summed E-state index contributed by atoms with van der Waals surface area (Å²) in [6, 6.07) is 2.85. The van der Waals surface area contributed by atoms with Gasteiger partial charge in [-0.05, 0) is 26.0 Å². The highest BCUT2D eigenvalue weighted by atomic mass is 19.1. The van der Waals surface area contributed by atoms with Gasteiger partial charge in [0.1, 0.15) is 29.5 Å². The Bertz CT molecular complexity index is 664. The third-order valence-electron chi connectivity index (χ3n) is 2.68. The van der Waals surface area contributed by atoms with Crippen LogP contribution >= 0.6 is 0 Å². The number of hydrogen-bond donors (Lipinski definition) is 2. The Balaban J connectivity index is 2.03. The van der Waals surface area contributed by atoms with Gasteiger partial charge in [0, 0.05) is 6.07 Å². The van der Waals surface area contributed by atoms with Crippen LogP contribution in [0.4, 0.5) is 14.5 Å². The summed E-state index contributed by atoms with van der Waals surface area (Å²) in [7, 11) is 0. The second kappa shape index (κ2) is 5.57. The zero-order chi connectivity index (χ0) is 15.6. The maximum absolute atomic E-state index is 13.4. The number of amides is 1. The van der Waals surface area contributed by atoms with Crippen molar-refractivity contribution in [1.29, 1.82) is 0 Å². The molecule has 1 aromatic carbocycles. The van der Waals surface area contributed by atoms with Crippen LogP contribution in [0.25, 0.3) is 0 Å². The first-order chi connectivity index (χ1) is 9.75. The van der Waals surface area contributed by atoms with Gasteiger partial charge in [-0.15, -0.1) is 5.10 Å². The number of rotatable bonds is 4. The van der Waals surface area contributed by atoms with E-state index in [1.165, 1.54) is 24.7 Å². The number of halogens is 2. The highest BCUT2D eigenvalue weighted by Crippen LogP contribution is 2.16. The number of nitrogens with one attached hydrogen (secondary N) is 1. The first kappa shape index (κ1) is 15.0. The largest absolute Gasteiger partial charge is 0.384 e. The first-order valence-corrected chi connectivity index (χ1v) is 6.13. The minimum Gasteiger partial charge on any atom is -0.384 e. The highest BCUT2D eigenvalue weighted by Gasteiger charge is 2.20. The van der Waals surface area contributed by atoms with E-state index in [0.717, 1.165) is 12.1 Å². The summed E-state index contributed by atoms with van der Waals surface area (Å²) in [5, 5.41) is 19.5. The first-order valence-electron chi connectivity index (χ1n) is 6.13. The molecule has 2 N–H and O–H groups in total. The lowest BCUT2D eigenvalue weighted by Crippen LogP contribution is -2.20. The molecule has 0 fully saturated rings. The number of aromatic nitrogens is 3. The smallest absolute Gasteiger partial charge is 0.246 e. The molecule has 0 bridgehead atoms.